The number of carbonyl (C=O) groups is 1. The van der Waals surface area contributed by atoms with Gasteiger partial charge in [-0.05, 0) is 5.56 Å². The molecule has 1 aromatic rings. The first-order valence-corrected chi connectivity index (χ1v) is 5.99. The standard InChI is InChI=1S/C11H9BrF2N2O2/c1-18-9(17)2-8-10(11(13)14)7(4-15)6(3-12)5-16-8/h5,11H,2-3H2,1H3. The molecule has 0 bridgehead atoms. The number of alkyl halides is 3. The van der Waals surface area contributed by atoms with Crippen molar-refractivity contribution in [3.8, 4) is 6.07 Å². The maximum Gasteiger partial charge on any atom is 0.311 e. The Morgan fingerprint density at radius 3 is 2.78 bits per heavy atom. The molecule has 1 heterocycles. The molecule has 0 aliphatic rings. The number of nitriles is 1. The van der Waals surface area contributed by atoms with Crippen LogP contribution in [-0.2, 0) is 21.3 Å². The monoisotopic (exact) mass is 318 g/mol. The smallest absolute Gasteiger partial charge is 0.311 e. The van der Waals surface area contributed by atoms with Crippen LogP contribution in [0.3, 0.4) is 0 Å². The predicted octanol–water partition coefficient (Wildman–Crippen LogP) is 2.50. The van der Waals surface area contributed by atoms with Crippen LogP contribution in [0, 0.1) is 11.3 Å². The number of nitrogens with zero attached hydrogens (tertiary/aromatic N) is 2. The van der Waals surface area contributed by atoms with E-state index in [1.54, 1.807) is 6.07 Å². The van der Waals surface area contributed by atoms with Crippen molar-refractivity contribution < 1.29 is 18.3 Å². The number of pyridine rings is 1. The van der Waals surface area contributed by atoms with Crippen molar-refractivity contribution in [2.45, 2.75) is 18.2 Å². The quantitative estimate of drug-likeness (QED) is 0.632. The van der Waals surface area contributed by atoms with Gasteiger partial charge in [0.15, 0.2) is 0 Å². The summed E-state index contributed by atoms with van der Waals surface area (Å²) >= 11 is 3.09. The Labute approximate surface area is 111 Å². The van der Waals surface area contributed by atoms with Crippen LogP contribution in [0.5, 0.6) is 0 Å². The van der Waals surface area contributed by atoms with Crippen LogP contribution < -0.4 is 0 Å². The highest BCUT2D eigenvalue weighted by atomic mass is 79.9. The lowest BCUT2D eigenvalue weighted by Gasteiger charge is -2.11. The molecule has 0 saturated heterocycles. The first kappa shape index (κ1) is 14.5. The summed E-state index contributed by atoms with van der Waals surface area (Å²) in [6, 6.07) is 1.73. The van der Waals surface area contributed by atoms with Gasteiger partial charge in [0, 0.05) is 11.5 Å². The molecule has 18 heavy (non-hydrogen) atoms. The number of halogens is 3. The maximum absolute atomic E-state index is 13.0. The van der Waals surface area contributed by atoms with E-state index < -0.39 is 18.0 Å². The fourth-order valence-corrected chi connectivity index (χ4v) is 1.85. The predicted molar refractivity (Wildman–Crippen MR) is 62.3 cm³/mol. The van der Waals surface area contributed by atoms with Crippen molar-refractivity contribution in [3.05, 3.63) is 28.6 Å². The van der Waals surface area contributed by atoms with Crippen LogP contribution in [-0.4, -0.2) is 18.1 Å². The molecule has 0 N–H and O–H groups in total. The van der Waals surface area contributed by atoms with Crippen LogP contribution >= 0.6 is 15.9 Å². The first-order chi connectivity index (χ1) is 8.54. The molecule has 0 aromatic carbocycles. The van der Waals surface area contributed by atoms with Crippen molar-refractivity contribution in [2.75, 3.05) is 7.11 Å². The van der Waals surface area contributed by atoms with Gasteiger partial charge in [-0.1, -0.05) is 15.9 Å². The second kappa shape index (κ2) is 6.40. The molecule has 0 unspecified atom stereocenters. The van der Waals surface area contributed by atoms with Gasteiger partial charge in [0.2, 0.25) is 0 Å². The highest BCUT2D eigenvalue weighted by Crippen LogP contribution is 2.28. The van der Waals surface area contributed by atoms with E-state index in [0.29, 0.717) is 5.56 Å². The Balaban J connectivity index is 3.36. The Hall–Kier alpha value is -1.55. The van der Waals surface area contributed by atoms with E-state index in [1.165, 1.54) is 6.20 Å². The molecule has 0 saturated carbocycles. The Morgan fingerprint density at radius 1 is 1.67 bits per heavy atom. The number of aromatic nitrogens is 1. The first-order valence-electron chi connectivity index (χ1n) is 4.86. The van der Waals surface area contributed by atoms with Gasteiger partial charge in [-0.2, -0.15) is 5.26 Å². The highest BCUT2D eigenvalue weighted by Gasteiger charge is 2.23. The number of rotatable bonds is 4. The van der Waals surface area contributed by atoms with Crippen LogP contribution in [0.1, 0.15) is 28.8 Å². The number of hydrogen-bond donors (Lipinski definition) is 0. The van der Waals surface area contributed by atoms with Gasteiger partial charge in [0.1, 0.15) is 6.07 Å². The summed E-state index contributed by atoms with van der Waals surface area (Å²) in [5.41, 5.74) is -0.407. The van der Waals surface area contributed by atoms with E-state index in [-0.39, 0.29) is 23.0 Å². The zero-order valence-corrected chi connectivity index (χ0v) is 11.0. The summed E-state index contributed by atoms with van der Waals surface area (Å²) < 4.78 is 30.4. The molecule has 1 aromatic heterocycles. The topological polar surface area (TPSA) is 63.0 Å². The van der Waals surface area contributed by atoms with Gasteiger partial charge in [-0.25, -0.2) is 8.78 Å². The van der Waals surface area contributed by atoms with E-state index >= 15 is 0 Å². The van der Waals surface area contributed by atoms with Crippen LogP contribution in [0.2, 0.25) is 0 Å². The lowest BCUT2D eigenvalue weighted by molar-refractivity contribution is -0.139. The van der Waals surface area contributed by atoms with Crippen molar-refractivity contribution in [2.24, 2.45) is 0 Å². The van der Waals surface area contributed by atoms with Crippen LogP contribution in [0.15, 0.2) is 6.20 Å². The molecule has 0 aliphatic heterocycles. The minimum Gasteiger partial charge on any atom is -0.469 e. The normalized spacial score (nSPS) is 10.2. The van der Waals surface area contributed by atoms with Gasteiger partial charge < -0.3 is 4.74 Å². The molecule has 7 heteroatoms. The van der Waals surface area contributed by atoms with E-state index in [0.717, 1.165) is 7.11 Å². The molecule has 96 valence electrons. The van der Waals surface area contributed by atoms with Crippen molar-refractivity contribution >= 4 is 21.9 Å². The number of esters is 1. The van der Waals surface area contributed by atoms with E-state index in [2.05, 4.69) is 25.7 Å². The van der Waals surface area contributed by atoms with Crippen LogP contribution in [0.4, 0.5) is 8.78 Å². The van der Waals surface area contributed by atoms with Gasteiger partial charge in [0.05, 0.1) is 30.4 Å². The molecule has 1 rings (SSSR count). The molecule has 0 fully saturated rings. The minimum atomic E-state index is -2.87. The average molecular weight is 319 g/mol. The van der Waals surface area contributed by atoms with Crippen molar-refractivity contribution in [3.63, 3.8) is 0 Å². The minimum absolute atomic E-state index is 0.127. The van der Waals surface area contributed by atoms with E-state index in [9.17, 15) is 13.6 Å². The average Bonchev–Trinajstić information content (AvgIpc) is 2.37. The third-order valence-corrected chi connectivity index (χ3v) is 2.90. The Morgan fingerprint density at radius 2 is 2.33 bits per heavy atom. The number of carbonyl (C=O) groups excluding carboxylic acids is 1. The molecule has 0 amide bonds. The van der Waals surface area contributed by atoms with E-state index in [4.69, 9.17) is 5.26 Å². The molecule has 0 aliphatic carbocycles. The van der Waals surface area contributed by atoms with Gasteiger partial charge in [-0.3, -0.25) is 9.78 Å². The fourth-order valence-electron chi connectivity index (χ4n) is 1.43. The van der Waals surface area contributed by atoms with Crippen LogP contribution in [0.25, 0.3) is 0 Å². The lowest BCUT2D eigenvalue weighted by Crippen LogP contribution is -2.11. The summed E-state index contributed by atoms with van der Waals surface area (Å²) in [5, 5.41) is 9.18. The zero-order chi connectivity index (χ0) is 13.7. The SMILES string of the molecule is COC(=O)Cc1ncc(CBr)c(C#N)c1C(F)F. The second-order valence-electron chi connectivity index (χ2n) is 3.32. The summed E-state index contributed by atoms with van der Waals surface area (Å²) in [6.07, 6.45) is -1.95. The summed E-state index contributed by atoms with van der Waals surface area (Å²) in [6.45, 7) is 0. The number of methoxy groups -OCH3 is 1. The molecular weight excluding hydrogens is 310 g/mol. The van der Waals surface area contributed by atoms with Crippen molar-refractivity contribution in [1.82, 2.24) is 4.98 Å². The number of hydrogen-bond acceptors (Lipinski definition) is 4. The zero-order valence-electron chi connectivity index (χ0n) is 9.41. The third kappa shape index (κ3) is 3.01. The summed E-state index contributed by atoms with van der Waals surface area (Å²) in [4.78, 5) is 14.9. The second-order valence-corrected chi connectivity index (χ2v) is 3.88. The maximum atomic E-state index is 13.0. The third-order valence-electron chi connectivity index (χ3n) is 2.29. The summed E-state index contributed by atoms with van der Waals surface area (Å²) in [7, 11) is 1.16. The highest BCUT2D eigenvalue weighted by molar-refractivity contribution is 9.08. The lowest BCUT2D eigenvalue weighted by atomic mass is 10.0. The molecule has 0 radical (unpaired) electrons. The Kier molecular flexibility index (Phi) is 5.16. The fraction of sp³-hybridized carbons (Fsp3) is 0.364. The summed E-state index contributed by atoms with van der Waals surface area (Å²) in [5.74, 6) is -0.681. The molecule has 0 spiro atoms. The number of ether oxygens (including phenoxy) is 1. The van der Waals surface area contributed by atoms with Crippen molar-refractivity contribution in [1.29, 1.82) is 5.26 Å². The van der Waals surface area contributed by atoms with Gasteiger partial charge >= 0.3 is 5.97 Å². The molecule has 0 atom stereocenters. The van der Waals surface area contributed by atoms with Gasteiger partial charge in [0.25, 0.3) is 6.43 Å². The van der Waals surface area contributed by atoms with Gasteiger partial charge in [-0.15, -0.1) is 0 Å². The molecular formula is C11H9BrF2N2O2. The molecule has 4 nitrogen and oxygen atoms in total. The van der Waals surface area contributed by atoms with E-state index in [1.807, 2.05) is 0 Å². The largest absolute Gasteiger partial charge is 0.469 e. The Bertz CT molecular complexity index is 501.